The van der Waals surface area contributed by atoms with Crippen molar-refractivity contribution >= 4 is 5.96 Å². The van der Waals surface area contributed by atoms with E-state index in [1.54, 1.807) is 19.1 Å². The van der Waals surface area contributed by atoms with Gasteiger partial charge >= 0.3 is 0 Å². The van der Waals surface area contributed by atoms with Crippen molar-refractivity contribution in [2.45, 2.75) is 39.5 Å². The average molecular weight is 188 g/mol. The van der Waals surface area contributed by atoms with Gasteiger partial charge in [0.1, 0.15) is 0 Å². The van der Waals surface area contributed by atoms with Crippen LogP contribution in [0.25, 0.3) is 0 Å². The normalized spacial score (nSPS) is 9.00. The van der Waals surface area contributed by atoms with Gasteiger partial charge in [0.05, 0.1) is 0 Å². The van der Waals surface area contributed by atoms with E-state index in [0.29, 0.717) is 0 Å². The van der Waals surface area contributed by atoms with Crippen LogP contribution < -0.4 is 11.2 Å². The number of rotatable bonds is 4. The van der Waals surface area contributed by atoms with Crippen LogP contribution in [0.5, 0.6) is 0 Å². The second-order valence-corrected chi connectivity index (χ2v) is 3.13. The number of guanidine groups is 1. The van der Waals surface area contributed by atoms with Crippen LogP contribution in [0.4, 0.5) is 0 Å². The van der Waals surface area contributed by atoms with E-state index < -0.39 is 0 Å². The van der Waals surface area contributed by atoms with Crippen LogP contribution in [0.15, 0.2) is 0 Å². The van der Waals surface area contributed by atoms with E-state index in [9.17, 15) is 0 Å². The van der Waals surface area contributed by atoms with Crippen molar-refractivity contribution in [3.05, 3.63) is 0 Å². The highest BCUT2D eigenvalue weighted by atomic mass is 15.5. The van der Waals surface area contributed by atoms with Gasteiger partial charge in [0.2, 0.25) is 5.96 Å². The van der Waals surface area contributed by atoms with E-state index in [-0.39, 0.29) is 5.96 Å². The second kappa shape index (κ2) is 11.2. The van der Waals surface area contributed by atoms with Crippen LogP contribution in [0.2, 0.25) is 0 Å². The Hall–Kier alpha value is -0.770. The highest BCUT2D eigenvalue weighted by molar-refractivity contribution is 5.73. The molecule has 0 rings (SSSR count). The zero-order chi connectivity index (χ0) is 10.7. The monoisotopic (exact) mass is 188 g/mol. The van der Waals surface area contributed by atoms with Gasteiger partial charge in [0, 0.05) is 14.1 Å². The topological polar surface area (TPSA) is 65.1 Å². The predicted molar refractivity (Wildman–Crippen MR) is 58.6 cm³/mol. The zero-order valence-electron chi connectivity index (χ0n) is 9.35. The largest absolute Gasteiger partial charge is 0.369 e. The first-order chi connectivity index (χ1) is 6.04. The third-order valence-electron chi connectivity index (χ3n) is 1.30. The summed E-state index contributed by atoms with van der Waals surface area (Å²) >= 11 is 0. The molecule has 4 heteroatoms. The quantitative estimate of drug-likeness (QED) is 0.271. The molecule has 0 aliphatic heterocycles. The molecule has 0 amide bonds. The lowest BCUT2D eigenvalue weighted by Crippen LogP contribution is -2.40. The Morgan fingerprint density at radius 2 is 1.62 bits per heavy atom. The van der Waals surface area contributed by atoms with Crippen LogP contribution in [-0.4, -0.2) is 25.1 Å². The maximum Gasteiger partial charge on any atom is 0.200 e. The number of hydrogen-bond donors (Lipinski definition) is 3. The minimum atomic E-state index is -0.0370. The fourth-order valence-corrected chi connectivity index (χ4v) is 0.741. The van der Waals surface area contributed by atoms with Crippen LogP contribution >= 0.6 is 0 Å². The van der Waals surface area contributed by atoms with Gasteiger partial charge in [-0.05, 0) is 0 Å². The lowest BCUT2D eigenvalue weighted by atomic mass is 10.2. The van der Waals surface area contributed by atoms with Gasteiger partial charge in [0.25, 0.3) is 0 Å². The minimum absolute atomic E-state index is 0.0370. The maximum absolute atomic E-state index is 6.65. The first-order valence-electron chi connectivity index (χ1n) is 4.82. The molecule has 0 aromatic rings. The summed E-state index contributed by atoms with van der Waals surface area (Å²) in [4.78, 5) is 0. The first-order valence-corrected chi connectivity index (χ1v) is 4.82. The van der Waals surface area contributed by atoms with Gasteiger partial charge in [0.15, 0.2) is 0 Å². The van der Waals surface area contributed by atoms with E-state index >= 15 is 0 Å². The van der Waals surface area contributed by atoms with Gasteiger partial charge < -0.3 is 5.73 Å². The van der Waals surface area contributed by atoms with E-state index in [0.717, 1.165) is 0 Å². The SMILES string of the molecule is CCCCCC.CN(C)NC(=N)N. The molecule has 0 heterocycles. The van der Waals surface area contributed by atoms with Gasteiger partial charge in [-0.1, -0.05) is 39.5 Å². The van der Waals surface area contributed by atoms with E-state index in [1.807, 2.05) is 0 Å². The third-order valence-corrected chi connectivity index (χ3v) is 1.30. The van der Waals surface area contributed by atoms with Crippen molar-refractivity contribution in [1.29, 1.82) is 5.41 Å². The van der Waals surface area contributed by atoms with Crippen LogP contribution in [-0.2, 0) is 0 Å². The van der Waals surface area contributed by atoms with Crippen molar-refractivity contribution < 1.29 is 0 Å². The number of nitrogens with zero attached hydrogens (tertiary/aromatic N) is 1. The molecule has 0 atom stereocenters. The molecule has 13 heavy (non-hydrogen) atoms. The van der Waals surface area contributed by atoms with E-state index in [2.05, 4.69) is 19.3 Å². The molecule has 0 fully saturated rings. The summed E-state index contributed by atoms with van der Waals surface area (Å²) in [6, 6.07) is 0. The van der Waals surface area contributed by atoms with E-state index in [4.69, 9.17) is 11.1 Å². The molecule has 4 N–H and O–H groups in total. The number of nitrogens with one attached hydrogen (secondary N) is 2. The summed E-state index contributed by atoms with van der Waals surface area (Å²) in [6.45, 7) is 4.46. The van der Waals surface area contributed by atoms with Crippen molar-refractivity contribution in [2.24, 2.45) is 5.73 Å². The number of nitrogens with two attached hydrogens (primary N) is 1. The fraction of sp³-hybridized carbons (Fsp3) is 0.889. The minimum Gasteiger partial charge on any atom is -0.369 e. The number of unbranched alkanes of at least 4 members (excludes halogenated alkanes) is 3. The maximum atomic E-state index is 6.65. The van der Waals surface area contributed by atoms with Crippen LogP contribution in [0, 0.1) is 5.41 Å². The highest BCUT2D eigenvalue weighted by Crippen LogP contribution is 1.95. The highest BCUT2D eigenvalue weighted by Gasteiger charge is 1.83. The Balaban J connectivity index is 0. The Morgan fingerprint density at radius 1 is 1.23 bits per heavy atom. The molecule has 0 aliphatic carbocycles. The van der Waals surface area contributed by atoms with Gasteiger partial charge in [-0.15, -0.1) is 0 Å². The number of hydrazine groups is 1. The lowest BCUT2D eigenvalue weighted by Gasteiger charge is -2.09. The van der Waals surface area contributed by atoms with Crippen molar-refractivity contribution in [1.82, 2.24) is 10.4 Å². The van der Waals surface area contributed by atoms with Crippen molar-refractivity contribution in [3.8, 4) is 0 Å². The molecule has 0 saturated heterocycles. The molecular weight excluding hydrogens is 164 g/mol. The molecule has 0 saturated carbocycles. The van der Waals surface area contributed by atoms with Crippen LogP contribution in [0.3, 0.4) is 0 Å². The molecular formula is C9H24N4. The molecule has 80 valence electrons. The molecule has 0 bridgehead atoms. The van der Waals surface area contributed by atoms with Gasteiger partial charge in [-0.3, -0.25) is 10.8 Å². The Labute approximate surface area is 82.0 Å². The predicted octanol–water partition coefficient (Wildman–Crippen LogP) is 1.53. The molecule has 0 aromatic carbocycles. The summed E-state index contributed by atoms with van der Waals surface area (Å²) in [5.41, 5.74) is 7.42. The Morgan fingerprint density at radius 3 is 1.69 bits per heavy atom. The summed E-state index contributed by atoms with van der Waals surface area (Å²) < 4.78 is 0. The Bertz CT molecular complexity index is 108. The lowest BCUT2D eigenvalue weighted by molar-refractivity contribution is 0.359. The molecule has 4 nitrogen and oxygen atoms in total. The second-order valence-electron chi connectivity index (χ2n) is 3.13. The summed E-state index contributed by atoms with van der Waals surface area (Å²) in [7, 11) is 3.53. The molecule has 0 radical (unpaired) electrons. The fourth-order valence-electron chi connectivity index (χ4n) is 0.741. The summed E-state index contributed by atoms with van der Waals surface area (Å²) in [5, 5.41) is 8.25. The molecule has 0 aliphatic rings. The zero-order valence-corrected chi connectivity index (χ0v) is 9.35. The molecule has 0 aromatic heterocycles. The van der Waals surface area contributed by atoms with Gasteiger partial charge in [-0.2, -0.15) is 0 Å². The molecule has 0 unspecified atom stereocenters. The molecule has 0 spiro atoms. The standard InChI is InChI=1S/C6H14.C3H10N4/c1-3-5-6-4-2;1-7(2)6-3(4)5/h3-6H2,1-2H3;1-2H3,(H4,4,5,6). The van der Waals surface area contributed by atoms with Gasteiger partial charge in [-0.25, -0.2) is 5.01 Å². The average Bonchev–Trinajstić information content (AvgIpc) is 1.99. The summed E-state index contributed by atoms with van der Waals surface area (Å²) in [6.07, 6.45) is 5.54. The van der Waals surface area contributed by atoms with Crippen molar-refractivity contribution in [3.63, 3.8) is 0 Å². The van der Waals surface area contributed by atoms with Crippen LogP contribution in [0.1, 0.15) is 39.5 Å². The third kappa shape index (κ3) is 24.6. The first kappa shape index (κ1) is 14.7. The summed E-state index contributed by atoms with van der Waals surface area (Å²) in [5.74, 6) is -0.0370. The van der Waals surface area contributed by atoms with Crippen molar-refractivity contribution in [2.75, 3.05) is 14.1 Å². The number of hydrogen-bond acceptors (Lipinski definition) is 2. The van der Waals surface area contributed by atoms with E-state index in [1.165, 1.54) is 25.7 Å². The smallest absolute Gasteiger partial charge is 0.200 e. The Kier molecular flexibility index (Phi) is 12.7.